The summed E-state index contributed by atoms with van der Waals surface area (Å²) in [7, 11) is 0. The van der Waals surface area contributed by atoms with Crippen LogP contribution in [-0.2, 0) is 23.8 Å². The zero-order valence-corrected chi connectivity index (χ0v) is 12.9. The molecule has 126 valence electrons. The lowest BCUT2D eigenvalue weighted by Gasteiger charge is -2.15. The second-order valence-electron chi connectivity index (χ2n) is 6.08. The van der Waals surface area contributed by atoms with E-state index in [4.69, 9.17) is 4.74 Å². The number of benzene rings is 1. The minimum atomic E-state index is -4.42. The van der Waals surface area contributed by atoms with Crippen molar-refractivity contribution in [2.75, 3.05) is 6.54 Å². The molecule has 0 N–H and O–H groups in total. The van der Waals surface area contributed by atoms with Crippen molar-refractivity contribution in [2.24, 2.45) is 4.99 Å². The quantitative estimate of drug-likeness (QED) is 0.836. The average Bonchev–Trinajstić information content (AvgIpc) is 3.22. The van der Waals surface area contributed by atoms with E-state index in [9.17, 15) is 13.2 Å². The number of fused-ring (bicyclic) bond motifs is 1. The largest absolute Gasteiger partial charge is 0.474 e. The third kappa shape index (κ3) is 2.57. The molecule has 0 amide bonds. The molecule has 1 aromatic heterocycles. The summed E-state index contributed by atoms with van der Waals surface area (Å²) in [5.41, 5.74) is 1.89. The molecule has 7 heteroatoms. The molecular formula is C17H16F3N3O. The molecule has 4 nitrogen and oxygen atoms in total. The first-order valence-electron chi connectivity index (χ1n) is 7.96. The zero-order chi connectivity index (χ0) is 16.7. The van der Waals surface area contributed by atoms with Crippen LogP contribution in [0.3, 0.4) is 0 Å². The van der Waals surface area contributed by atoms with Gasteiger partial charge in [0.15, 0.2) is 12.1 Å². The van der Waals surface area contributed by atoms with Gasteiger partial charge in [0, 0.05) is 11.3 Å². The van der Waals surface area contributed by atoms with Crippen molar-refractivity contribution in [1.29, 1.82) is 0 Å². The van der Waals surface area contributed by atoms with Crippen molar-refractivity contribution in [3.05, 3.63) is 46.8 Å². The first kappa shape index (κ1) is 15.2. The van der Waals surface area contributed by atoms with Gasteiger partial charge in [0.25, 0.3) is 0 Å². The maximum atomic E-state index is 13.3. The van der Waals surface area contributed by atoms with Gasteiger partial charge >= 0.3 is 6.18 Å². The van der Waals surface area contributed by atoms with Crippen molar-refractivity contribution in [3.8, 4) is 5.69 Å². The van der Waals surface area contributed by atoms with Crippen LogP contribution in [0.15, 0.2) is 29.3 Å². The maximum Gasteiger partial charge on any atom is 0.435 e. The Kier molecular flexibility index (Phi) is 3.58. The standard InChI is InChI=1S/C17H16F3N3O/c18-17(19,20)16-13-3-1-2-4-14(13)23(22-16)12-7-5-11(6-8-12)15-9-21-10-24-15/h5-8,10,15H,1-4,9H2. The Morgan fingerprint density at radius 2 is 1.83 bits per heavy atom. The molecule has 2 heterocycles. The fourth-order valence-electron chi connectivity index (χ4n) is 3.35. The number of nitrogens with zero attached hydrogens (tertiary/aromatic N) is 3. The van der Waals surface area contributed by atoms with Gasteiger partial charge in [0.2, 0.25) is 0 Å². The Balaban J connectivity index is 1.72. The van der Waals surface area contributed by atoms with Gasteiger partial charge in [-0.05, 0) is 43.4 Å². The van der Waals surface area contributed by atoms with Crippen LogP contribution in [0.2, 0.25) is 0 Å². The predicted molar refractivity (Wildman–Crippen MR) is 82.4 cm³/mol. The van der Waals surface area contributed by atoms with E-state index in [-0.39, 0.29) is 6.10 Å². The van der Waals surface area contributed by atoms with E-state index in [0.29, 0.717) is 36.3 Å². The fraction of sp³-hybridized carbons (Fsp3) is 0.412. The van der Waals surface area contributed by atoms with Crippen LogP contribution in [0.25, 0.3) is 5.69 Å². The molecule has 0 saturated heterocycles. The lowest BCUT2D eigenvalue weighted by atomic mass is 9.95. The Bertz CT molecular complexity index is 770. The van der Waals surface area contributed by atoms with E-state index in [1.807, 2.05) is 12.1 Å². The summed E-state index contributed by atoms with van der Waals surface area (Å²) in [6.07, 6.45) is -0.368. The van der Waals surface area contributed by atoms with Crippen LogP contribution in [0, 0.1) is 0 Å². The first-order chi connectivity index (χ1) is 11.5. The molecule has 1 aliphatic carbocycles. The highest BCUT2D eigenvalue weighted by atomic mass is 19.4. The highest BCUT2D eigenvalue weighted by Gasteiger charge is 2.39. The molecule has 1 unspecified atom stereocenters. The molecule has 1 aliphatic heterocycles. The highest BCUT2D eigenvalue weighted by Crippen LogP contribution is 2.37. The first-order valence-corrected chi connectivity index (χ1v) is 7.96. The van der Waals surface area contributed by atoms with Gasteiger partial charge < -0.3 is 4.74 Å². The highest BCUT2D eigenvalue weighted by molar-refractivity contribution is 5.50. The van der Waals surface area contributed by atoms with Gasteiger partial charge in [-0.2, -0.15) is 18.3 Å². The summed E-state index contributed by atoms with van der Waals surface area (Å²) in [4.78, 5) is 4.02. The van der Waals surface area contributed by atoms with E-state index in [2.05, 4.69) is 10.1 Å². The number of alkyl halides is 3. The molecule has 0 spiro atoms. The summed E-state index contributed by atoms with van der Waals surface area (Å²) >= 11 is 0. The van der Waals surface area contributed by atoms with Crippen LogP contribution in [0.4, 0.5) is 13.2 Å². The average molecular weight is 335 g/mol. The second kappa shape index (κ2) is 5.65. The minimum absolute atomic E-state index is 0.115. The minimum Gasteiger partial charge on any atom is -0.474 e. The summed E-state index contributed by atoms with van der Waals surface area (Å²) in [5, 5.41) is 3.90. The van der Waals surface area contributed by atoms with E-state index >= 15 is 0 Å². The van der Waals surface area contributed by atoms with Crippen LogP contribution in [0.5, 0.6) is 0 Å². The van der Waals surface area contributed by atoms with Crippen LogP contribution < -0.4 is 0 Å². The van der Waals surface area contributed by atoms with Crippen molar-refractivity contribution < 1.29 is 17.9 Å². The summed E-state index contributed by atoms with van der Waals surface area (Å²) in [6.45, 7) is 0.564. The third-order valence-electron chi connectivity index (χ3n) is 4.53. The maximum absolute atomic E-state index is 13.3. The van der Waals surface area contributed by atoms with Gasteiger partial charge in [0.1, 0.15) is 6.10 Å². The van der Waals surface area contributed by atoms with Gasteiger partial charge in [-0.1, -0.05) is 12.1 Å². The van der Waals surface area contributed by atoms with E-state index in [0.717, 1.165) is 18.4 Å². The van der Waals surface area contributed by atoms with Crippen molar-refractivity contribution >= 4 is 6.40 Å². The summed E-state index contributed by atoms with van der Waals surface area (Å²) < 4.78 is 46.6. The van der Waals surface area contributed by atoms with Crippen molar-refractivity contribution in [2.45, 2.75) is 38.0 Å². The van der Waals surface area contributed by atoms with E-state index < -0.39 is 11.9 Å². The summed E-state index contributed by atoms with van der Waals surface area (Å²) in [6, 6.07) is 7.30. The lowest BCUT2D eigenvalue weighted by molar-refractivity contribution is -0.142. The van der Waals surface area contributed by atoms with Gasteiger partial charge in [-0.3, -0.25) is 4.99 Å². The molecule has 0 fully saturated rings. The van der Waals surface area contributed by atoms with Crippen molar-refractivity contribution in [1.82, 2.24) is 9.78 Å². The van der Waals surface area contributed by atoms with Crippen LogP contribution >= 0.6 is 0 Å². The molecule has 0 saturated carbocycles. The Labute approximate surface area is 137 Å². The molecule has 4 rings (SSSR count). The number of ether oxygens (including phenoxy) is 1. The predicted octanol–water partition coefficient (Wildman–Crippen LogP) is 3.87. The molecule has 24 heavy (non-hydrogen) atoms. The van der Waals surface area contributed by atoms with E-state index in [1.54, 1.807) is 12.1 Å². The van der Waals surface area contributed by atoms with E-state index in [1.165, 1.54) is 11.1 Å². The number of aliphatic imine (C=N–C) groups is 1. The second-order valence-corrected chi connectivity index (χ2v) is 6.08. The number of hydrogen-bond acceptors (Lipinski definition) is 3. The van der Waals surface area contributed by atoms with Gasteiger partial charge in [-0.15, -0.1) is 0 Å². The number of aromatic nitrogens is 2. The third-order valence-corrected chi connectivity index (χ3v) is 4.53. The fourth-order valence-corrected chi connectivity index (χ4v) is 3.35. The molecule has 0 bridgehead atoms. The van der Waals surface area contributed by atoms with Gasteiger partial charge in [-0.25, -0.2) is 4.68 Å². The topological polar surface area (TPSA) is 39.4 Å². The molecule has 1 atom stereocenters. The Morgan fingerprint density at radius 3 is 2.50 bits per heavy atom. The van der Waals surface area contributed by atoms with Gasteiger partial charge in [0.05, 0.1) is 12.2 Å². The van der Waals surface area contributed by atoms with Crippen LogP contribution in [0.1, 0.15) is 41.5 Å². The SMILES string of the molecule is FC(F)(F)c1nn(-c2ccc(C3CN=CO3)cc2)c2c1CCCC2. The summed E-state index contributed by atoms with van der Waals surface area (Å²) in [5.74, 6) is 0. The number of rotatable bonds is 2. The molecule has 2 aliphatic rings. The zero-order valence-electron chi connectivity index (χ0n) is 12.9. The number of hydrogen-bond donors (Lipinski definition) is 0. The molecular weight excluding hydrogens is 319 g/mol. The Morgan fingerprint density at radius 1 is 1.08 bits per heavy atom. The normalized spacial score (nSPS) is 20.0. The van der Waals surface area contributed by atoms with Crippen LogP contribution in [-0.4, -0.2) is 22.7 Å². The smallest absolute Gasteiger partial charge is 0.435 e. The molecule has 1 aromatic carbocycles. The lowest BCUT2D eigenvalue weighted by Crippen LogP contribution is -2.11. The Hall–Kier alpha value is -2.31. The number of halogens is 3. The molecule has 0 radical (unpaired) electrons. The monoisotopic (exact) mass is 335 g/mol. The van der Waals surface area contributed by atoms with Crippen molar-refractivity contribution in [3.63, 3.8) is 0 Å². The molecule has 2 aromatic rings.